The van der Waals surface area contributed by atoms with Crippen molar-refractivity contribution in [1.82, 2.24) is 0 Å². The molecular formula is C13H12F2O4. The number of carbonyl (C=O) groups excluding carboxylic acids is 1. The van der Waals surface area contributed by atoms with Gasteiger partial charge in [-0.3, -0.25) is 4.79 Å². The Labute approximate surface area is 108 Å². The molecule has 0 aliphatic carbocycles. The molecule has 0 amide bonds. The third-order valence-electron chi connectivity index (χ3n) is 2.21. The van der Waals surface area contributed by atoms with E-state index >= 15 is 0 Å². The fourth-order valence-corrected chi connectivity index (χ4v) is 1.39. The zero-order valence-electron chi connectivity index (χ0n) is 10.2. The van der Waals surface area contributed by atoms with Crippen molar-refractivity contribution in [2.75, 3.05) is 6.61 Å². The van der Waals surface area contributed by atoms with Gasteiger partial charge in [-0.2, -0.15) is 0 Å². The maximum Gasteiger partial charge on any atom is 0.336 e. The predicted octanol–water partition coefficient (Wildman–Crippen LogP) is 2.63. The monoisotopic (exact) mass is 270 g/mol. The molecule has 1 rings (SSSR count). The number of hydrogen-bond acceptors (Lipinski definition) is 3. The van der Waals surface area contributed by atoms with E-state index in [0.717, 1.165) is 6.07 Å². The molecule has 102 valence electrons. The van der Waals surface area contributed by atoms with Crippen molar-refractivity contribution in [3.63, 3.8) is 0 Å². The minimum absolute atomic E-state index is 0.0179. The van der Waals surface area contributed by atoms with Crippen LogP contribution in [0.3, 0.4) is 0 Å². The van der Waals surface area contributed by atoms with Crippen molar-refractivity contribution in [2.45, 2.75) is 13.3 Å². The molecule has 6 heteroatoms. The summed E-state index contributed by atoms with van der Waals surface area (Å²) in [7, 11) is 0. The lowest BCUT2D eigenvalue weighted by Crippen LogP contribution is -2.03. The van der Waals surface area contributed by atoms with Crippen molar-refractivity contribution in [1.29, 1.82) is 0 Å². The summed E-state index contributed by atoms with van der Waals surface area (Å²) >= 11 is 0. The Morgan fingerprint density at radius 3 is 2.53 bits per heavy atom. The van der Waals surface area contributed by atoms with Crippen LogP contribution in [0.5, 0.6) is 0 Å². The van der Waals surface area contributed by atoms with E-state index in [1.54, 1.807) is 6.92 Å². The summed E-state index contributed by atoms with van der Waals surface area (Å²) in [6.45, 7) is 1.89. The van der Waals surface area contributed by atoms with Crippen LogP contribution in [0, 0.1) is 11.6 Å². The van der Waals surface area contributed by atoms with Gasteiger partial charge in [-0.25, -0.2) is 13.6 Å². The maximum absolute atomic E-state index is 13.0. The minimum Gasteiger partial charge on any atom is -0.478 e. The van der Waals surface area contributed by atoms with Crippen LogP contribution >= 0.6 is 0 Å². The van der Waals surface area contributed by atoms with Crippen molar-refractivity contribution in [2.24, 2.45) is 0 Å². The SMILES string of the molecule is CCOC(=O)CC=Cc1cc(F)c(F)cc1C(=O)O. The summed E-state index contributed by atoms with van der Waals surface area (Å²) in [5.74, 6) is -4.26. The third kappa shape index (κ3) is 4.17. The van der Waals surface area contributed by atoms with E-state index in [4.69, 9.17) is 5.11 Å². The first-order chi connectivity index (χ1) is 8.95. The van der Waals surface area contributed by atoms with E-state index in [9.17, 15) is 18.4 Å². The second-order valence-corrected chi connectivity index (χ2v) is 3.57. The van der Waals surface area contributed by atoms with Gasteiger partial charge in [0, 0.05) is 0 Å². The molecule has 1 aromatic rings. The highest BCUT2D eigenvalue weighted by molar-refractivity contribution is 5.92. The molecule has 0 aliphatic rings. The Bertz CT molecular complexity index is 524. The average Bonchev–Trinajstić information content (AvgIpc) is 2.33. The number of benzene rings is 1. The van der Waals surface area contributed by atoms with Gasteiger partial charge in [0.2, 0.25) is 0 Å². The van der Waals surface area contributed by atoms with Crippen LogP contribution in [-0.4, -0.2) is 23.7 Å². The van der Waals surface area contributed by atoms with Crippen LogP contribution in [-0.2, 0) is 9.53 Å². The zero-order chi connectivity index (χ0) is 14.4. The number of carboxylic acid groups (broad SMARTS) is 1. The highest BCUT2D eigenvalue weighted by Gasteiger charge is 2.13. The first kappa shape index (κ1) is 14.8. The van der Waals surface area contributed by atoms with Crippen LogP contribution in [0.4, 0.5) is 8.78 Å². The molecule has 0 heterocycles. The molecule has 0 saturated heterocycles. The van der Waals surface area contributed by atoms with Crippen LogP contribution in [0.1, 0.15) is 29.3 Å². The number of esters is 1. The van der Waals surface area contributed by atoms with Gasteiger partial charge in [0.05, 0.1) is 18.6 Å². The fraction of sp³-hybridized carbons (Fsp3) is 0.231. The summed E-state index contributed by atoms with van der Waals surface area (Å²) in [5, 5.41) is 8.86. The summed E-state index contributed by atoms with van der Waals surface area (Å²) < 4.78 is 30.6. The standard InChI is InChI=1S/C13H12F2O4/c1-2-19-12(16)5-3-4-8-6-10(14)11(15)7-9(8)13(17)18/h3-4,6-7H,2,5H2,1H3,(H,17,18). The second-order valence-electron chi connectivity index (χ2n) is 3.57. The highest BCUT2D eigenvalue weighted by atomic mass is 19.2. The molecular weight excluding hydrogens is 258 g/mol. The topological polar surface area (TPSA) is 63.6 Å². The van der Waals surface area contributed by atoms with Gasteiger partial charge in [-0.05, 0) is 24.6 Å². The number of carboxylic acids is 1. The van der Waals surface area contributed by atoms with E-state index in [-0.39, 0.29) is 24.2 Å². The van der Waals surface area contributed by atoms with Gasteiger partial charge < -0.3 is 9.84 Å². The molecule has 4 nitrogen and oxygen atoms in total. The van der Waals surface area contributed by atoms with E-state index in [1.807, 2.05) is 0 Å². The largest absolute Gasteiger partial charge is 0.478 e. The number of aromatic carboxylic acids is 1. The normalized spacial score (nSPS) is 10.7. The van der Waals surface area contributed by atoms with Crippen LogP contribution in [0.15, 0.2) is 18.2 Å². The zero-order valence-corrected chi connectivity index (χ0v) is 10.2. The first-order valence-electron chi connectivity index (χ1n) is 5.50. The van der Waals surface area contributed by atoms with Crippen LogP contribution in [0.25, 0.3) is 6.08 Å². The van der Waals surface area contributed by atoms with Gasteiger partial charge in [0.15, 0.2) is 11.6 Å². The highest BCUT2D eigenvalue weighted by Crippen LogP contribution is 2.17. The molecule has 1 N–H and O–H groups in total. The van der Waals surface area contributed by atoms with E-state index in [1.165, 1.54) is 12.2 Å². The average molecular weight is 270 g/mol. The Morgan fingerprint density at radius 2 is 1.95 bits per heavy atom. The number of hydrogen-bond donors (Lipinski definition) is 1. The molecule has 0 bridgehead atoms. The van der Waals surface area contributed by atoms with Gasteiger partial charge in [0.25, 0.3) is 0 Å². The molecule has 0 saturated carbocycles. The number of halogens is 2. The molecule has 19 heavy (non-hydrogen) atoms. The molecule has 0 fully saturated rings. The number of carbonyl (C=O) groups is 2. The Balaban J connectivity index is 2.93. The molecule has 0 aromatic heterocycles. The lowest BCUT2D eigenvalue weighted by Gasteiger charge is -2.02. The summed E-state index contributed by atoms with van der Waals surface area (Å²) in [5.41, 5.74) is -0.394. The van der Waals surface area contributed by atoms with E-state index < -0.39 is 23.6 Å². The third-order valence-corrected chi connectivity index (χ3v) is 2.21. The maximum atomic E-state index is 13.0. The molecule has 0 spiro atoms. The van der Waals surface area contributed by atoms with Crippen molar-refractivity contribution >= 4 is 18.0 Å². The Hall–Kier alpha value is -2.24. The van der Waals surface area contributed by atoms with Crippen LogP contribution in [0.2, 0.25) is 0 Å². The van der Waals surface area contributed by atoms with Gasteiger partial charge in [-0.1, -0.05) is 12.2 Å². The lowest BCUT2D eigenvalue weighted by molar-refractivity contribution is -0.142. The number of rotatable bonds is 5. The Morgan fingerprint density at radius 1 is 1.32 bits per heavy atom. The van der Waals surface area contributed by atoms with Crippen LogP contribution < -0.4 is 0 Å². The lowest BCUT2D eigenvalue weighted by atomic mass is 10.1. The summed E-state index contributed by atoms with van der Waals surface area (Å²) in [6.07, 6.45) is 2.49. The quantitative estimate of drug-likeness (QED) is 0.835. The smallest absolute Gasteiger partial charge is 0.336 e. The fourth-order valence-electron chi connectivity index (χ4n) is 1.39. The van der Waals surface area contributed by atoms with E-state index in [2.05, 4.69) is 4.74 Å². The van der Waals surface area contributed by atoms with Gasteiger partial charge in [-0.15, -0.1) is 0 Å². The predicted molar refractivity (Wildman–Crippen MR) is 63.6 cm³/mol. The summed E-state index contributed by atoms with van der Waals surface area (Å²) in [4.78, 5) is 21.9. The van der Waals surface area contributed by atoms with Crippen molar-refractivity contribution in [3.05, 3.63) is 41.0 Å². The number of ether oxygens (including phenoxy) is 1. The van der Waals surface area contributed by atoms with E-state index in [0.29, 0.717) is 6.07 Å². The van der Waals surface area contributed by atoms with Gasteiger partial charge >= 0.3 is 11.9 Å². The van der Waals surface area contributed by atoms with Crippen molar-refractivity contribution in [3.8, 4) is 0 Å². The molecule has 0 atom stereocenters. The molecule has 1 aromatic carbocycles. The van der Waals surface area contributed by atoms with Crippen molar-refractivity contribution < 1.29 is 28.2 Å². The molecule has 0 aliphatic heterocycles. The van der Waals surface area contributed by atoms with Gasteiger partial charge in [0.1, 0.15) is 0 Å². The first-order valence-corrected chi connectivity index (χ1v) is 5.50. The second kappa shape index (κ2) is 6.63. The molecule has 0 radical (unpaired) electrons. The Kier molecular flexibility index (Phi) is 5.17. The molecule has 0 unspecified atom stereocenters. The summed E-state index contributed by atoms with van der Waals surface area (Å²) in [6, 6.07) is 1.36. The minimum atomic E-state index is -1.38.